The van der Waals surface area contributed by atoms with Crippen LogP contribution in [0.15, 0.2) is 61.1 Å². The van der Waals surface area contributed by atoms with Crippen LogP contribution in [-0.4, -0.2) is 39.2 Å². The van der Waals surface area contributed by atoms with E-state index >= 15 is 0 Å². The zero-order valence-corrected chi connectivity index (χ0v) is 15.0. The number of rotatable bonds is 7. The van der Waals surface area contributed by atoms with Gasteiger partial charge in [0.15, 0.2) is 0 Å². The lowest BCUT2D eigenvalue weighted by molar-refractivity contribution is 0.0780. The van der Waals surface area contributed by atoms with Crippen LogP contribution in [-0.2, 0) is 13.1 Å². The van der Waals surface area contributed by atoms with Crippen LogP contribution in [0.5, 0.6) is 5.88 Å². The standard InChI is InChI=1S/C20H22N4O2/c1-3-26-19-18(10-7-11-21-19)20(25)23(2)13-17-12-22-24(15-17)14-16-8-5-4-6-9-16/h4-12,15H,3,13-14H2,1-2H3. The summed E-state index contributed by atoms with van der Waals surface area (Å²) in [5.41, 5.74) is 2.62. The van der Waals surface area contributed by atoms with Crippen LogP contribution >= 0.6 is 0 Å². The molecule has 0 radical (unpaired) electrons. The number of pyridine rings is 1. The summed E-state index contributed by atoms with van der Waals surface area (Å²) in [6.45, 7) is 3.50. The number of hydrogen-bond acceptors (Lipinski definition) is 4. The second-order valence-electron chi connectivity index (χ2n) is 5.98. The Labute approximate surface area is 153 Å². The molecule has 0 aliphatic rings. The third-order valence-electron chi connectivity index (χ3n) is 3.92. The van der Waals surface area contributed by atoms with Crippen molar-refractivity contribution in [3.05, 3.63) is 77.7 Å². The molecule has 0 N–H and O–H groups in total. The third kappa shape index (κ3) is 4.27. The second-order valence-corrected chi connectivity index (χ2v) is 5.98. The van der Waals surface area contributed by atoms with Crippen molar-refractivity contribution in [1.29, 1.82) is 0 Å². The normalized spacial score (nSPS) is 10.5. The molecule has 2 heterocycles. The quantitative estimate of drug-likeness (QED) is 0.657. The molecule has 0 saturated carbocycles. The summed E-state index contributed by atoms with van der Waals surface area (Å²) < 4.78 is 7.33. The molecule has 1 aromatic carbocycles. The van der Waals surface area contributed by atoms with Crippen LogP contribution in [0.25, 0.3) is 0 Å². The summed E-state index contributed by atoms with van der Waals surface area (Å²) in [6, 6.07) is 13.6. The number of aromatic nitrogens is 3. The van der Waals surface area contributed by atoms with E-state index in [1.54, 1.807) is 36.5 Å². The Morgan fingerprint density at radius 3 is 2.73 bits per heavy atom. The maximum atomic E-state index is 12.7. The molecule has 134 valence electrons. The highest BCUT2D eigenvalue weighted by molar-refractivity contribution is 5.96. The van der Waals surface area contributed by atoms with E-state index in [4.69, 9.17) is 4.74 Å². The van der Waals surface area contributed by atoms with Crippen LogP contribution in [0, 0.1) is 0 Å². The van der Waals surface area contributed by atoms with Gasteiger partial charge in [-0.2, -0.15) is 5.10 Å². The van der Waals surface area contributed by atoms with Crippen LogP contribution in [0.2, 0.25) is 0 Å². The molecule has 26 heavy (non-hydrogen) atoms. The van der Waals surface area contributed by atoms with Crippen molar-refractivity contribution < 1.29 is 9.53 Å². The Morgan fingerprint density at radius 1 is 1.15 bits per heavy atom. The topological polar surface area (TPSA) is 60.2 Å². The van der Waals surface area contributed by atoms with Gasteiger partial charge >= 0.3 is 0 Å². The summed E-state index contributed by atoms with van der Waals surface area (Å²) in [7, 11) is 1.76. The lowest BCUT2D eigenvalue weighted by Gasteiger charge is -2.17. The summed E-state index contributed by atoms with van der Waals surface area (Å²) in [5, 5.41) is 4.39. The molecule has 1 amide bonds. The Bertz CT molecular complexity index is 861. The van der Waals surface area contributed by atoms with E-state index in [1.807, 2.05) is 36.0 Å². The predicted octanol–water partition coefficient (Wildman–Crippen LogP) is 3.00. The largest absolute Gasteiger partial charge is 0.477 e. The van der Waals surface area contributed by atoms with Crippen LogP contribution in [0.4, 0.5) is 0 Å². The van der Waals surface area contributed by atoms with Crippen LogP contribution in [0.3, 0.4) is 0 Å². The molecular formula is C20H22N4O2. The van der Waals surface area contributed by atoms with E-state index in [0.717, 1.165) is 5.56 Å². The van der Waals surface area contributed by atoms with E-state index in [9.17, 15) is 4.79 Å². The molecule has 0 saturated heterocycles. The van der Waals surface area contributed by atoms with Gasteiger partial charge in [0.05, 0.1) is 19.3 Å². The number of ether oxygens (including phenoxy) is 1. The number of amides is 1. The zero-order chi connectivity index (χ0) is 18.4. The van der Waals surface area contributed by atoms with Crippen molar-refractivity contribution in [1.82, 2.24) is 19.7 Å². The number of carbonyl (C=O) groups is 1. The van der Waals surface area contributed by atoms with Gasteiger partial charge in [-0.1, -0.05) is 30.3 Å². The minimum Gasteiger partial charge on any atom is -0.477 e. The lowest BCUT2D eigenvalue weighted by Crippen LogP contribution is -2.26. The first-order valence-corrected chi connectivity index (χ1v) is 8.56. The van der Waals surface area contributed by atoms with Gasteiger partial charge in [0.2, 0.25) is 5.88 Å². The number of carbonyl (C=O) groups excluding carboxylic acids is 1. The molecule has 6 nitrogen and oxygen atoms in total. The number of benzene rings is 1. The fraction of sp³-hybridized carbons (Fsp3) is 0.250. The molecule has 0 fully saturated rings. The third-order valence-corrected chi connectivity index (χ3v) is 3.92. The molecule has 6 heteroatoms. The van der Waals surface area contributed by atoms with Crippen LogP contribution < -0.4 is 4.74 Å². The number of nitrogens with zero attached hydrogens (tertiary/aromatic N) is 4. The van der Waals surface area contributed by atoms with Gasteiger partial charge in [0.25, 0.3) is 5.91 Å². The Hall–Kier alpha value is -3.15. The summed E-state index contributed by atoms with van der Waals surface area (Å²) in [5.74, 6) is 0.240. The van der Waals surface area contributed by atoms with Crippen LogP contribution in [0.1, 0.15) is 28.4 Å². The van der Waals surface area contributed by atoms with E-state index in [-0.39, 0.29) is 5.91 Å². The van der Waals surface area contributed by atoms with E-state index in [0.29, 0.717) is 31.1 Å². The molecule has 3 aromatic rings. The molecule has 3 rings (SSSR count). The molecule has 0 bridgehead atoms. The highest BCUT2D eigenvalue weighted by Crippen LogP contribution is 2.17. The van der Waals surface area contributed by atoms with Crippen molar-refractivity contribution in [3.63, 3.8) is 0 Å². The molecule has 2 aromatic heterocycles. The van der Waals surface area contributed by atoms with Crippen molar-refractivity contribution >= 4 is 5.91 Å². The average Bonchev–Trinajstić information content (AvgIpc) is 3.09. The highest BCUT2D eigenvalue weighted by atomic mass is 16.5. The van der Waals surface area contributed by atoms with Crippen molar-refractivity contribution in [2.75, 3.05) is 13.7 Å². The summed E-state index contributed by atoms with van der Waals surface area (Å²) in [6.07, 6.45) is 5.37. The smallest absolute Gasteiger partial charge is 0.259 e. The maximum absolute atomic E-state index is 12.7. The van der Waals surface area contributed by atoms with Gasteiger partial charge in [-0.3, -0.25) is 9.48 Å². The summed E-state index contributed by atoms with van der Waals surface area (Å²) in [4.78, 5) is 18.5. The first-order chi connectivity index (χ1) is 12.7. The monoisotopic (exact) mass is 350 g/mol. The van der Waals surface area contributed by atoms with Gasteiger partial charge in [0, 0.05) is 31.5 Å². The minimum absolute atomic E-state index is 0.127. The Kier molecular flexibility index (Phi) is 5.63. The maximum Gasteiger partial charge on any atom is 0.259 e. The fourth-order valence-electron chi connectivity index (χ4n) is 2.70. The first-order valence-electron chi connectivity index (χ1n) is 8.56. The van der Waals surface area contributed by atoms with E-state index in [1.165, 1.54) is 5.56 Å². The van der Waals surface area contributed by atoms with Gasteiger partial charge in [-0.25, -0.2) is 4.98 Å². The fourth-order valence-corrected chi connectivity index (χ4v) is 2.70. The molecule has 0 unspecified atom stereocenters. The number of hydrogen-bond donors (Lipinski definition) is 0. The van der Waals surface area contributed by atoms with Crippen molar-refractivity contribution in [3.8, 4) is 5.88 Å². The second kappa shape index (κ2) is 8.29. The van der Waals surface area contributed by atoms with E-state index < -0.39 is 0 Å². The van der Waals surface area contributed by atoms with Crippen molar-refractivity contribution in [2.45, 2.75) is 20.0 Å². The summed E-state index contributed by atoms with van der Waals surface area (Å²) >= 11 is 0. The molecule has 0 atom stereocenters. The highest BCUT2D eigenvalue weighted by Gasteiger charge is 2.18. The average molecular weight is 350 g/mol. The lowest BCUT2D eigenvalue weighted by atomic mass is 10.2. The SMILES string of the molecule is CCOc1ncccc1C(=O)N(C)Cc1cnn(Cc2ccccc2)c1. The van der Waals surface area contributed by atoms with E-state index in [2.05, 4.69) is 22.2 Å². The predicted molar refractivity (Wildman–Crippen MR) is 99.0 cm³/mol. The van der Waals surface area contributed by atoms with Gasteiger partial charge < -0.3 is 9.64 Å². The Balaban J connectivity index is 1.66. The van der Waals surface area contributed by atoms with Crippen molar-refractivity contribution in [2.24, 2.45) is 0 Å². The minimum atomic E-state index is -0.127. The molecule has 0 spiro atoms. The molecule has 0 aliphatic heterocycles. The molecular weight excluding hydrogens is 328 g/mol. The van der Waals surface area contributed by atoms with Gasteiger partial charge in [-0.05, 0) is 24.6 Å². The Morgan fingerprint density at radius 2 is 1.96 bits per heavy atom. The van der Waals surface area contributed by atoms with Gasteiger partial charge in [0.1, 0.15) is 5.56 Å². The van der Waals surface area contributed by atoms with Gasteiger partial charge in [-0.15, -0.1) is 0 Å². The molecule has 0 aliphatic carbocycles. The zero-order valence-electron chi connectivity index (χ0n) is 15.0. The first kappa shape index (κ1) is 17.7.